The summed E-state index contributed by atoms with van der Waals surface area (Å²) in [5.74, 6) is -1.04. The van der Waals surface area contributed by atoms with E-state index in [1.165, 1.54) is 0 Å². The van der Waals surface area contributed by atoms with Gasteiger partial charge >= 0.3 is 5.97 Å². The maximum atomic E-state index is 10.7. The van der Waals surface area contributed by atoms with Crippen LogP contribution in [-0.2, 0) is 9.59 Å². The third-order valence-corrected chi connectivity index (χ3v) is 2.21. The zero-order chi connectivity index (χ0) is 12.1. The number of likely N-dealkylation sites (N-methyl/N-ethyl adjacent to an activating group) is 1. The highest BCUT2D eigenvalue weighted by Gasteiger charge is 2.24. The summed E-state index contributed by atoms with van der Waals surface area (Å²) < 4.78 is 0. The predicted molar refractivity (Wildman–Crippen MR) is 54.4 cm³/mol. The second-order valence-corrected chi connectivity index (χ2v) is 3.94. The largest absolute Gasteiger partial charge is 0.480 e. The first-order valence-corrected chi connectivity index (χ1v) is 4.60. The van der Waals surface area contributed by atoms with Crippen LogP contribution >= 0.6 is 0 Å². The quantitative estimate of drug-likeness (QED) is 0.371. The van der Waals surface area contributed by atoms with E-state index in [0.717, 1.165) is 6.29 Å². The lowest BCUT2D eigenvalue weighted by atomic mass is 10.1. The summed E-state index contributed by atoms with van der Waals surface area (Å²) in [7, 11) is 1.68. The SMILES string of the molecule is CN(CC(O)NCC(=O)O)C(C)(C)C=O. The van der Waals surface area contributed by atoms with Crippen molar-refractivity contribution in [1.82, 2.24) is 10.2 Å². The summed E-state index contributed by atoms with van der Waals surface area (Å²) >= 11 is 0. The molecule has 15 heavy (non-hydrogen) atoms. The number of aliphatic hydroxyl groups is 1. The summed E-state index contributed by atoms with van der Waals surface area (Å²) in [6.07, 6.45) is -0.193. The minimum absolute atomic E-state index is 0.180. The number of aldehydes is 1. The minimum atomic E-state index is -1.04. The molecule has 0 aliphatic carbocycles. The molecule has 0 aliphatic heterocycles. The number of hydrogen-bond acceptors (Lipinski definition) is 5. The van der Waals surface area contributed by atoms with Gasteiger partial charge in [-0.3, -0.25) is 15.0 Å². The Balaban J connectivity index is 4.01. The molecular formula is C9H18N2O4. The number of carbonyl (C=O) groups is 2. The average Bonchev–Trinajstić information content (AvgIpc) is 2.14. The average molecular weight is 218 g/mol. The molecule has 0 fully saturated rings. The summed E-state index contributed by atoms with van der Waals surface area (Å²) in [6.45, 7) is 3.30. The van der Waals surface area contributed by atoms with Crippen LogP contribution in [0.15, 0.2) is 0 Å². The number of aliphatic hydroxyl groups excluding tert-OH is 1. The highest BCUT2D eigenvalue weighted by Crippen LogP contribution is 2.08. The van der Waals surface area contributed by atoms with Crippen LogP contribution in [-0.4, -0.2) is 59.3 Å². The van der Waals surface area contributed by atoms with Crippen LogP contribution in [0, 0.1) is 0 Å². The molecule has 0 aliphatic rings. The molecule has 0 rings (SSSR count). The van der Waals surface area contributed by atoms with Crippen molar-refractivity contribution in [3.8, 4) is 0 Å². The topological polar surface area (TPSA) is 89.9 Å². The van der Waals surface area contributed by atoms with E-state index in [1.54, 1.807) is 25.8 Å². The zero-order valence-corrected chi connectivity index (χ0v) is 9.23. The van der Waals surface area contributed by atoms with Crippen LogP contribution < -0.4 is 5.32 Å². The Morgan fingerprint density at radius 1 is 1.60 bits per heavy atom. The molecular weight excluding hydrogens is 200 g/mol. The summed E-state index contributed by atoms with van der Waals surface area (Å²) in [4.78, 5) is 22.5. The van der Waals surface area contributed by atoms with Gasteiger partial charge in [-0.1, -0.05) is 0 Å². The molecule has 1 atom stereocenters. The molecule has 0 aromatic carbocycles. The first-order chi connectivity index (χ1) is 6.79. The molecule has 0 heterocycles. The predicted octanol–water partition coefficient (Wildman–Crippen LogP) is -1.11. The Morgan fingerprint density at radius 3 is 2.53 bits per heavy atom. The van der Waals surface area contributed by atoms with Crippen LogP contribution in [0.4, 0.5) is 0 Å². The van der Waals surface area contributed by atoms with Gasteiger partial charge in [-0.15, -0.1) is 0 Å². The highest BCUT2D eigenvalue weighted by atomic mass is 16.4. The van der Waals surface area contributed by atoms with Crippen molar-refractivity contribution in [3.63, 3.8) is 0 Å². The van der Waals surface area contributed by atoms with E-state index in [-0.39, 0.29) is 13.1 Å². The first-order valence-electron chi connectivity index (χ1n) is 4.60. The van der Waals surface area contributed by atoms with Gasteiger partial charge in [0.25, 0.3) is 0 Å². The van der Waals surface area contributed by atoms with E-state index in [1.807, 2.05) is 0 Å². The van der Waals surface area contributed by atoms with Crippen molar-refractivity contribution in [1.29, 1.82) is 0 Å². The standard InChI is InChI=1S/C9H18N2O4/c1-9(2,6-12)11(3)5-7(13)10-4-8(14)15/h6-7,10,13H,4-5H2,1-3H3,(H,14,15). The number of β-amino-alcohol motifs (C(OH)–C–C–N with tert-alkyl or cyclic N) is 1. The smallest absolute Gasteiger partial charge is 0.317 e. The van der Waals surface area contributed by atoms with E-state index < -0.39 is 17.7 Å². The number of nitrogens with zero attached hydrogens (tertiary/aromatic N) is 1. The summed E-state index contributed by atoms with van der Waals surface area (Å²) in [6, 6.07) is 0. The molecule has 0 bridgehead atoms. The van der Waals surface area contributed by atoms with Gasteiger partial charge in [0.1, 0.15) is 12.5 Å². The lowest BCUT2D eigenvalue weighted by Gasteiger charge is -2.31. The number of nitrogens with one attached hydrogen (secondary N) is 1. The van der Waals surface area contributed by atoms with E-state index in [2.05, 4.69) is 5.32 Å². The third kappa shape index (κ3) is 5.46. The van der Waals surface area contributed by atoms with Crippen molar-refractivity contribution >= 4 is 12.3 Å². The maximum Gasteiger partial charge on any atom is 0.317 e. The first kappa shape index (κ1) is 14.0. The molecule has 0 aromatic rings. The molecule has 0 spiro atoms. The number of carboxylic acid groups (broad SMARTS) is 1. The van der Waals surface area contributed by atoms with Gasteiger partial charge in [0.05, 0.1) is 12.1 Å². The van der Waals surface area contributed by atoms with Crippen LogP contribution in [0.25, 0.3) is 0 Å². The third-order valence-electron chi connectivity index (χ3n) is 2.21. The molecule has 0 radical (unpaired) electrons. The van der Waals surface area contributed by atoms with E-state index in [9.17, 15) is 14.7 Å². The number of hydrogen-bond donors (Lipinski definition) is 3. The fourth-order valence-corrected chi connectivity index (χ4v) is 0.854. The monoisotopic (exact) mass is 218 g/mol. The second-order valence-electron chi connectivity index (χ2n) is 3.94. The number of carbonyl (C=O) groups excluding carboxylic acids is 1. The summed E-state index contributed by atoms with van der Waals surface area (Å²) in [5.41, 5.74) is -0.675. The molecule has 6 heteroatoms. The molecule has 0 aromatic heterocycles. The van der Waals surface area contributed by atoms with Crippen molar-refractivity contribution in [2.24, 2.45) is 0 Å². The van der Waals surface area contributed by atoms with Crippen LogP contribution in [0.5, 0.6) is 0 Å². The van der Waals surface area contributed by atoms with E-state index >= 15 is 0 Å². The lowest BCUT2D eigenvalue weighted by Crippen LogP contribution is -2.50. The second kappa shape index (κ2) is 5.79. The van der Waals surface area contributed by atoms with Crippen molar-refractivity contribution in [2.45, 2.75) is 25.6 Å². The van der Waals surface area contributed by atoms with Gasteiger partial charge in [-0.25, -0.2) is 0 Å². The normalized spacial score (nSPS) is 13.9. The minimum Gasteiger partial charge on any atom is -0.480 e. The Labute approximate surface area is 88.9 Å². The molecule has 0 saturated heterocycles. The highest BCUT2D eigenvalue weighted by molar-refractivity contribution is 5.69. The number of rotatable bonds is 7. The summed E-state index contributed by atoms with van der Waals surface area (Å²) in [5, 5.41) is 20.2. The molecule has 1 unspecified atom stereocenters. The number of carboxylic acids is 1. The van der Waals surface area contributed by atoms with E-state index in [4.69, 9.17) is 5.11 Å². The zero-order valence-electron chi connectivity index (χ0n) is 9.23. The Morgan fingerprint density at radius 2 is 2.13 bits per heavy atom. The molecule has 3 N–H and O–H groups in total. The molecule has 0 amide bonds. The van der Waals surface area contributed by atoms with Gasteiger partial charge in [-0.05, 0) is 20.9 Å². The van der Waals surface area contributed by atoms with Crippen molar-refractivity contribution in [3.05, 3.63) is 0 Å². The van der Waals surface area contributed by atoms with Crippen LogP contribution in [0.2, 0.25) is 0 Å². The van der Waals surface area contributed by atoms with Gasteiger partial charge in [0.15, 0.2) is 0 Å². The Bertz CT molecular complexity index is 230. The van der Waals surface area contributed by atoms with Crippen molar-refractivity contribution < 1.29 is 19.8 Å². The van der Waals surface area contributed by atoms with Crippen molar-refractivity contribution in [2.75, 3.05) is 20.1 Å². The lowest BCUT2D eigenvalue weighted by molar-refractivity contribution is -0.136. The maximum absolute atomic E-state index is 10.7. The van der Waals surface area contributed by atoms with Crippen LogP contribution in [0.3, 0.4) is 0 Å². The fourth-order valence-electron chi connectivity index (χ4n) is 0.854. The number of aliphatic carboxylic acids is 1. The van der Waals surface area contributed by atoms with Crippen LogP contribution in [0.1, 0.15) is 13.8 Å². The van der Waals surface area contributed by atoms with Gasteiger partial charge in [0.2, 0.25) is 0 Å². The van der Waals surface area contributed by atoms with Gasteiger partial charge in [-0.2, -0.15) is 0 Å². The molecule has 88 valence electrons. The van der Waals surface area contributed by atoms with Gasteiger partial charge in [0, 0.05) is 6.54 Å². The fraction of sp³-hybridized carbons (Fsp3) is 0.778. The molecule has 0 saturated carbocycles. The molecule has 6 nitrogen and oxygen atoms in total. The van der Waals surface area contributed by atoms with E-state index in [0.29, 0.717) is 0 Å². The Hall–Kier alpha value is -0.980. The van der Waals surface area contributed by atoms with Gasteiger partial charge < -0.3 is 15.0 Å². The Kier molecular flexibility index (Phi) is 5.41.